The average molecular weight is 368 g/mol. The van der Waals surface area contributed by atoms with Crippen LogP contribution in [0.15, 0.2) is 91.0 Å². The Hall–Kier alpha value is -3.66. The Bertz CT molecular complexity index is 1180. The normalized spacial score (nSPS) is 16.0. The first-order valence-corrected chi connectivity index (χ1v) is 9.15. The number of fused-ring (bicyclic) bond motifs is 2. The molecule has 5 rings (SSSR count). The van der Waals surface area contributed by atoms with Crippen molar-refractivity contribution in [3.8, 4) is 0 Å². The first kappa shape index (κ1) is 16.5. The molecular formula is C24H17FN2O. The number of carbonyl (C=O) groups excluding carboxylic acids is 1. The van der Waals surface area contributed by atoms with Gasteiger partial charge in [0.25, 0.3) is 5.91 Å². The summed E-state index contributed by atoms with van der Waals surface area (Å²) in [7, 11) is 0. The molecule has 1 aliphatic heterocycles. The SMILES string of the molecule is O=C1c2ccccc2NC(c2ccc(F)cc2)N1c1cccc2ccccc12. The minimum Gasteiger partial charge on any atom is -0.360 e. The van der Waals surface area contributed by atoms with Crippen LogP contribution in [0.25, 0.3) is 10.8 Å². The molecule has 1 N–H and O–H groups in total. The number of anilines is 2. The summed E-state index contributed by atoms with van der Waals surface area (Å²) in [4.78, 5) is 15.3. The molecule has 1 atom stereocenters. The second kappa shape index (κ2) is 6.50. The molecule has 0 radical (unpaired) electrons. The van der Waals surface area contributed by atoms with Crippen molar-refractivity contribution < 1.29 is 9.18 Å². The van der Waals surface area contributed by atoms with E-state index in [4.69, 9.17) is 0 Å². The maximum atomic E-state index is 13.5. The number of nitrogens with zero attached hydrogens (tertiary/aromatic N) is 1. The Balaban J connectivity index is 1.74. The van der Waals surface area contributed by atoms with Crippen LogP contribution in [0.1, 0.15) is 22.1 Å². The molecule has 136 valence electrons. The standard InChI is InChI=1S/C24H17FN2O/c25-18-14-12-17(13-15-18)23-26-21-10-4-3-9-20(21)24(28)27(23)22-11-5-7-16-6-1-2-8-19(16)22/h1-15,23,26H. The van der Waals surface area contributed by atoms with Crippen LogP contribution in [-0.4, -0.2) is 5.91 Å². The van der Waals surface area contributed by atoms with E-state index in [0.717, 1.165) is 27.7 Å². The summed E-state index contributed by atoms with van der Waals surface area (Å²) in [6, 6.07) is 27.7. The molecule has 1 heterocycles. The monoisotopic (exact) mass is 368 g/mol. The molecule has 0 saturated heterocycles. The zero-order valence-electron chi connectivity index (χ0n) is 15.0. The molecular weight excluding hydrogens is 351 g/mol. The number of amides is 1. The largest absolute Gasteiger partial charge is 0.360 e. The van der Waals surface area contributed by atoms with Crippen molar-refractivity contribution in [2.75, 3.05) is 10.2 Å². The van der Waals surface area contributed by atoms with Crippen molar-refractivity contribution in [2.24, 2.45) is 0 Å². The van der Waals surface area contributed by atoms with Crippen molar-refractivity contribution in [1.29, 1.82) is 0 Å². The summed E-state index contributed by atoms with van der Waals surface area (Å²) in [5.41, 5.74) is 3.03. The summed E-state index contributed by atoms with van der Waals surface area (Å²) < 4.78 is 13.5. The minimum absolute atomic E-state index is 0.0833. The van der Waals surface area contributed by atoms with Gasteiger partial charge in [-0.3, -0.25) is 9.69 Å². The van der Waals surface area contributed by atoms with Gasteiger partial charge in [0.2, 0.25) is 0 Å². The number of hydrogen-bond acceptors (Lipinski definition) is 2. The van der Waals surface area contributed by atoms with Gasteiger partial charge in [0, 0.05) is 11.1 Å². The van der Waals surface area contributed by atoms with Crippen LogP contribution in [0.3, 0.4) is 0 Å². The Labute approximate surface area is 162 Å². The molecule has 0 bridgehead atoms. The fourth-order valence-corrected chi connectivity index (χ4v) is 3.80. The Kier molecular flexibility index (Phi) is 3.83. The lowest BCUT2D eigenvalue weighted by atomic mass is 10.0. The predicted molar refractivity (Wildman–Crippen MR) is 110 cm³/mol. The molecule has 4 aromatic rings. The zero-order chi connectivity index (χ0) is 19.1. The second-order valence-corrected chi connectivity index (χ2v) is 6.82. The first-order valence-electron chi connectivity index (χ1n) is 9.15. The van der Waals surface area contributed by atoms with Gasteiger partial charge in [-0.15, -0.1) is 0 Å². The van der Waals surface area contributed by atoms with Gasteiger partial charge in [0.05, 0.1) is 11.3 Å². The van der Waals surface area contributed by atoms with Gasteiger partial charge in [-0.2, -0.15) is 0 Å². The van der Waals surface area contributed by atoms with E-state index in [-0.39, 0.29) is 11.7 Å². The lowest BCUT2D eigenvalue weighted by Gasteiger charge is -2.38. The molecule has 1 amide bonds. The molecule has 0 saturated carbocycles. The van der Waals surface area contributed by atoms with E-state index in [1.54, 1.807) is 17.0 Å². The van der Waals surface area contributed by atoms with Crippen LogP contribution in [0.4, 0.5) is 15.8 Å². The maximum absolute atomic E-state index is 13.5. The highest BCUT2D eigenvalue weighted by Gasteiger charge is 2.34. The van der Waals surface area contributed by atoms with Crippen LogP contribution in [0.5, 0.6) is 0 Å². The van der Waals surface area contributed by atoms with E-state index in [1.807, 2.05) is 66.7 Å². The van der Waals surface area contributed by atoms with Crippen molar-refractivity contribution in [1.82, 2.24) is 0 Å². The number of rotatable bonds is 2. The summed E-state index contributed by atoms with van der Waals surface area (Å²) in [6.45, 7) is 0. The molecule has 0 aliphatic carbocycles. The number of carbonyl (C=O) groups is 1. The third-order valence-corrected chi connectivity index (χ3v) is 5.14. The number of para-hydroxylation sites is 1. The smallest absolute Gasteiger partial charge is 0.262 e. The van der Waals surface area contributed by atoms with Crippen LogP contribution in [-0.2, 0) is 0 Å². The summed E-state index contributed by atoms with van der Waals surface area (Å²) in [5.74, 6) is -0.386. The van der Waals surface area contributed by atoms with Gasteiger partial charge < -0.3 is 5.32 Å². The Morgan fingerprint density at radius 2 is 1.50 bits per heavy atom. The third-order valence-electron chi connectivity index (χ3n) is 5.14. The van der Waals surface area contributed by atoms with E-state index in [9.17, 15) is 9.18 Å². The van der Waals surface area contributed by atoms with E-state index in [0.29, 0.717) is 5.56 Å². The number of halogens is 1. The topological polar surface area (TPSA) is 32.3 Å². The molecule has 1 unspecified atom stereocenters. The molecule has 0 aromatic heterocycles. The van der Waals surface area contributed by atoms with E-state index in [1.165, 1.54) is 12.1 Å². The predicted octanol–water partition coefficient (Wildman–Crippen LogP) is 5.75. The number of benzene rings is 4. The highest BCUT2D eigenvalue weighted by molar-refractivity contribution is 6.15. The van der Waals surface area contributed by atoms with E-state index in [2.05, 4.69) is 5.32 Å². The van der Waals surface area contributed by atoms with Crippen molar-refractivity contribution in [3.63, 3.8) is 0 Å². The van der Waals surface area contributed by atoms with Crippen LogP contribution in [0, 0.1) is 5.82 Å². The van der Waals surface area contributed by atoms with Gasteiger partial charge in [0.1, 0.15) is 12.0 Å². The maximum Gasteiger partial charge on any atom is 0.262 e. The summed E-state index contributed by atoms with van der Waals surface area (Å²) in [6.07, 6.45) is -0.436. The quantitative estimate of drug-likeness (QED) is 0.489. The van der Waals surface area contributed by atoms with E-state index >= 15 is 0 Å². The zero-order valence-corrected chi connectivity index (χ0v) is 15.0. The summed E-state index contributed by atoms with van der Waals surface area (Å²) >= 11 is 0. The third kappa shape index (κ3) is 2.62. The molecule has 3 nitrogen and oxygen atoms in total. The van der Waals surface area contributed by atoms with Gasteiger partial charge >= 0.3 is 0 Å². The second-order valence-electron chi connectivity index (χ2n) is 6.82. The molecule has 0 fully saturated rings. The highest BCUT2D eigenvalue weighted by atomic mass is 19.1. The average Bonchev–Trinajstić information content (AvgIpc) is 2.74. The van der Waals surface area contributed by atoms with Crippen molar-refractivity contribution in [3.05, 3.63) is 108 Å². The first-order chi connectivity index (χ1) is 13.7. The fourth-order valence-electron chi connectivity index (χ4n) is 3.80. The molecule has 4 heteroatoms. The van der Waals surface area contributed by atoms with Crippen LogP contribution in [0.2, 0.25) is 0 Å². The Morgan fingerprint density at radius 1 is 0.786 bits per heavy atom. The fraction of sp³-hybridized carbons (Fsp3) is 0.0417. The Morgan fingerprint density at radius 3 is 2.36 bits per heavy atom. The van der Waals surface area contributed by atoms with Gasteiger partial charge in [-0.1, -0.05) is 60.7 Å². The van der Waals surface area contributed by atoms with Crippen molar-refractivity contribution in [2.45, 2.75) is 6.17 Å². The van der Waals surface area contributed by atoms with Gasteiger partial charge in [0.15, 0.2) is 0 Å². The molecule has 1 aliphatic rings. The lowest BCUT2D eigenvalue weighted by molar-refractivity contribution is 0.0975. The van der Waals surface area contributed by atoms with Crippen LogP contribution >= 0.6 is 0 Å². The molecule has 4 aromatic carbocycles. The highest BCUT2D eigenvalue weighted by Crippen LogP contribution is 2.39. The van der Waals surface area contributed by atoms with Gasteiger partial charge in [-0.05, 0) is 41.3 Å². The lowest BCUT2D eigenvalue weighted by Crippen LogP contribution is -2.43. The van der Waals surface area contributed by atoms with Crippen molar-refractivity contribution >= 4 is 28.1 Å². The summed E-state index contributed by atoms with van der Waals surface area (Å²) in [5, 5.41) is 5.51. The number of nitrogens with one attached hydrogen (secondary N) is 1. The molecule has 0 spiro atoms. The molecule has 28 heavy (non-hydrogen) atoms. The van der Waals surface area contributed by atoms with Crippen LogP contribution < -0.4 is 10.2 Å². The van der Waals surface area contributed by atoms with Gasteiger partial charge in [-0.25, -0.2) is 4.39 Å². The number of hydrogen-bond donors (Lipinski definition) is 1. The van der Waals surface area contributed by atoms with E-state index < -0.39 is 6.17 Å². The minimum atomic E-state index is -0.436.